The lowest BCUT2D eigenvalue weighted by molar-refractivity contribution is 0.496. The van der Waals surface area contributed by atoms with Crippen LogP contribution in [0.5, 0.6) is 0 Å². The minimum atomic E-state index is -2.85. The van der Waals surface area contributed by atoms with Gasteiger partial charge in [0.2, 0.25) is 0 Å². The lowest BCUT2D eigenvalue weighted by atomic mass is 10.1. The minimum absolute atomic E-state index is 0.214. The first-order valence-corrected chi connectivity index (χ1v) is 8.86. The zero-order valence-corrected chi connectivity index (χ0v) is 11.6. The number of nitrogens with one attached hydrogen (secondary N) is 1. The van der Waals surface area contributed by atoms with Crippen LogP contribution >= 0.6 is 0 Å². The van der Waals surface area contributed by atoms with Crippen LogP contribution in [0.4, 0.5) is 0 Å². The molecule has 0 heterocycles. The number of sulfone groups is 1. The minimum Gasteiger partial charge on any atom is -0.313 e. The van der Waals surface area contributed by atoms with Crippen molar-refractivity contribution in [2.75, 3.05) is 18.1 Å². The first kappa shape index (κ1) is 13.3. The predicted molar refractivity (Wildman–Crippen MR) is 70.8 cm³/mol. The molecule has 0 saturated heterocycles. The Morgan fingerprint density at radius 2 is 1.82 bits per heavy atom. The van der Waals surface area contributed by atoms with E-state index in [1.54, 1.807) is 0 Å². The molecule has 0 radical (unpaired) electrons. The fourth-order valence-corrected chi connectivity index (χ4v) is 5.13. The highest BCUT2D eigenvalue weighted by molar-refractivity contribution is 7.91. The van der Waals surface area contributed by atoms with Crippen LogP contribution in [0, 0.1) is 11.8 Å². The van der Waals surface area contributed by atoms with Gasteiger partial charge in [-0.1, -0.05) is 19.8 Å². The molecule has 2 aliphatic carbocycles. The van der Waals surface area contributed by atoms with Gasteiger partial charge in [0.15, 0.2) is 9.84 Å². The molecule has 2 rings (SSSR count). The highest BCUT2D eigenvalue weighted by Crippen LogP contribution is 2.34. The Balaban J connectivity index is 1.85. The van der Waals surface area contributed by atoms with Crippen LogP contribution in [0.1, 0.15) is 45.4 Å². The predicted octanol–water partition coefficient (Wildman–Crippen LogP) is 1.98. The molecule has 0 spiro atoms. The lowest BCUT2D eigenvalue weighted by Gasteiger charge is -2.18. The second-order valence-corrected chi connectivity index (χ2v) is 7.88. The van der Waals surface area contributed by atoms with E-state index in [9.17, 15) is 8.42 Å². The SMILES string of the molecule is CCNC(CS(=O)(=O)CC1CCCC1)C1CC1. The van der Waals surface area contributed by atoms with Crippen molar-refractivity contribution >= 4 is 9.84 Å². The van der Waals surface area contributed by atoms with Crippen LogP contribution in [0.25, 0.3) is 0 Å². The normalized spacial score (nSPS) is 24.1. The second-order valence-electron chi connectivity index (χ2n) is 5.73. The van der Waals surface area contributed by atoms with E-state index in [1.165, 1.54) is 25.7 Å². The highest BCUT2D eigenvalue weighted by Gasteiger charge is 2.34. The molecule has 1 atom stereocenters. The third kappa shape index (κ3) is 4.25. The Morgan fingerprint density at radius 3 is 2.35 bits per heavy atom. The van der Waals surface area contributed by atoms with Crippen molar-refractivity contribution in [2.45, 2.75) is 51.5 Å². The quantitative estimate of drug-likeness (QED) is 0.760. The molecule has 4 heteroatoms. The third-order valence-corrected chi connectivity index (χ3v) is 5.90. The monoisotopic (exact) mass is 259 g/mol. The molecule has 0 aliphatic heterocycles. The van der Waals surface area contributed by atoms with Gasteiger partial charge >= 0.3 is 0 Å². The van der Waals surface area contributed by atoms with Crippen molar-refractivity contribution in [3.05, 3.63) is 0 Å². The van der Waals surface area contributed by atoms with E-state index in [4.69, 9.17) is 0 Å². The van der Waals surface area contributed by atoms with Crippen LogP contribution < -0.4 is 5.32 Å². The molecule has 0 aromatic heterocycles. The van der Waals surface area contributed by atoms with Crippen molar-refractivity contribution < 1.29 is 8.42 Å². The summed E-state index contributed by atoms with van der Waals surface area (Å²) >= 11 is 0. The number of hydrogen-bond donors (Lipinski definition) is 1. The fourth-order valence-electron chi connectivity index (χ4n) is 3.00. The maximum absolute atomic E-state index is 12.2. The molecule has 100 valence electrons. The number of rotatable bonds is 7. The Morgan fingerprint density at radius 1 is 1.18 bits per heavy atom. The molecule has 2 fully saturated rings. The Labute approximate surface area is 105 Å². The summed E-state index contributed by atoms with van der Waals surface area (Å²) in [6, 6.07) is 0.214. The van der Waals surface area contributed by atoms with Gasteiger partial charge in [-0.25, -0.2) is 8.42 Å². The van der Waals surface area contributed by atoms with Gasteiger partial charge in [-0.15, -0.1) is 0 Å². The van der Waals surface area contributed by atoms with Crippen LogP contribution in [0.15, 0.2) is 0 Å². The summed E-state index contributed by atoms with van der Waals surface area (Å²) in [5.41, 5.74) is 0. The molecule has 2 aliphatic rings. The third-order valence-electron chi connectivity index (χ3n) is 4.06. The van der Waals surface area contributed by atoms with Crippen molar-refractivity contribution in [1.29, 1.82) is 0 Å². The Bertz CT molecular complexity index is 329. The fraction of sp³-hybridized carbons (Fsp3) is 1.00. The largest absolute Gasteiger partial charge is 0.313 e. The van der Waals surface area contributed by atoms with Crippen LogP contribution in [0.2, 0.25) is 0 Å². The van der Waals surface area contributed by atoms with E-state index >= 15 is 0 Å². The van der Waals surface area contributed by atoms with Gasteiger partial charge in [-0.3, -0.25) is 0 Å². The second kappa shape index (κ2) is 5.70. The van der Waals surface area contributed by atoms with Gasteiger partial charge in [0.1, 0.15) is 0 Å². The molecule has 1 N–H and O–H groups in total. The molecule has 1 unspecified atom stereocenters. The van der Waals surface area contributed by atoms with Gasteiger partial charge in [0.05, 0.1) is 11.5 Å². The van der Waals surface area contributed by atoms with Gasteiger partial charge in [-0.2, -0.15) is 0 Å². The van der Waals surface area contributed by atoms with Crippen molar-refractivity contribution in [3.8, 4) is 0 Å². The molecule has 3 nitrogen and oxygen atoms in total. The number of hydrogen-bond acceptors (Lipinski definition) is 3. The smallest absolute Gasteiger partial charge is 0.152 e. The van der Waals surface area contributed by atoms with E-state index in [0.29, 0.717) is 23.3 Å². The summed E-state index contributed by atoms with van der Waals surface area (Å²) in [7, 11) is -2.85. The van der Waals surface area contributed by atoms with Crippen LogP contribution in [0.3, 0.4) is 0 Å². The van der Waals surface area contributed by atoms with Gasteiger partial charge in [0.25, 0.3) is 0 Å². The van der Waals surface area contributed by atoms with Crippen LogP contribution in [-0.4, -0.2) is 32.5 Å². The Hall–Kier alpha value is -0.0900. The summed E-state index contributed by atoms with van der Waals surface area (Å²) in [6.07, 6.45) is 7.09. The summed E-state index contributed by atoms with van der Waals surface area (Å²) < 4.78 is 24.3. The van der Waals surface area contributed by atoms with E-state index in [2.05, 4.69) is 12.2 Å². The summed E-state index contributed by atoms with van der Waals surface area (Å²) in [5.74, 6) is 1.86. The highest BCUT2D eigenvalue weighted by atomic mass is 32.2. The van der Waals surface area contributed by atoms with Crippen molar-refractivity contribution in [3.63, 3.8) is 0 Å². The van der Waals surface area contributed by atoms with Crippen LogP contribution in [-0.2, 0) is 9.84 Å². The van der Waals surface area contributed by atoms with E-state index < -0.39 is 9.84 Å². The topological polar surface area (TPSA) is 46.2 Å². The molecule has 0 amide bonds. The molecule has 0 bridgehead atoms. The van der Waals surface area contributed by atoms with Crippen molar-refractivity contribution in [2.24, 2.45) is 11.8 Å². The maximum atomic E-state index is 12.2. The summed E-state index contributed by atoms with van der Waals surface area (Å²) in [6.45, 7) is 2.93. The molecular weight excluding hydrogens is 234 g/mol. The van der Waals surface area contributed by atoms with Gasteiger partial charge in [0, 0.05) is 6.04 Å². The molecule has 0 aromatic carbocycles. The van der Waals surface area contributed by atoms with Gasteiger partial charge in [-0.05, 0) is 44.1 Å². The van der Waals surface area contributed by atoms with Gasteiger partial charge < -0.3 is 5.32 Å². The maximum Gasteiger partial charge on any atom is 0.152 e. The average Bonchev–Trinajstić information content (AvgIpc) is 2.98. The van der Waals surface area contributed by atoms with E-state index in [-0.39, 0.29) is 6.04 Å². The van der Waals surface area contributed by atoms with E-state index in [1.807, 2.05) is 0 Å². The molecule has 0 aromatic rings. The van der Waals surface area contributed by atoms with E-state index in [0.717, 1.165) is 19.4 Å². The molecule has 2 saturated carbocycles. The molecular formula is C13H25NO2S. The zero-order valence-electron chi connectivity index (χ0n) is 10.8. The Kier molecular flexibility index (Phi) is 4.47. The first-order valence-electron chi connectivity index (χ1n) is 7.04. The summed E-state index contributed by atoms with van der Waals surface area (Å²) in [4.78, 5) is 0. The lowest BCUT2D eigenvalue weighted by Crippen LogP contribution is -2.38. The average molecular weight is 259 g/mol. The standard InChI is InChI=1S/C13H25NO2S/c1-2-14-13(12-7-8-12)10-17(15,16)9-11-5-3-4-6-11/h11-14H,2-10H2,1H3. The first-order chi connectivity index (χ1) is 8.11. The van der Waals surface area contributed by atoms with Crippen molar-refractivity contribution in [1.82, 2.24) is 5.32 Å². The molecule has 17 heavy (non-hydrogen) atoms. The summed E-state index contributed by atoms with van der Waals surface area (Å²) in [5, 5.41) is 3.35. The zero-order chi connectivity index (χ0) is 12.3.